The fraction of sp³-hybridized carbons (Fsp3) is 0.375. The van der Waals surface area contributed by atoms with E-state index in [0.717, 1.165) is 18.8 Å². The van der Waals surface area contributed by atoms with Gasteiger partial charge in [0.25, 0.3) is 5.91 Å². The smallest absolute Gasteiger partial charge is 0.272 e. The predicted octanol–water partition coefficient (Wildman–Crippen LogP) is 3.85. The van der Waals surface area contributed by atoms with Crippen LogP contribution in [0.25, 0.3) is 17.1 Å². The second-order valence-electron chi connectivity index (χ2n) is 7.72. The third kappa shape index (κ3) is 4.26. The molecule has 7 nitrogen and oxygen atoms in total. The summed E-state index contributed by atoms with van der Waals surface area (Å²) in [6.45, 7) is 6.57. The zero-order valence-corrected chi connectivity index (χ0v) is 18.0. The fourth-order valence-corrected chi connectivity index (χ4v) is 4.13. The Hall–Kier alpha value is -3.35. The average molecular weight is 421 g/mol. The van der Waals surface area contributed by atoms with E-state index in [-0.39, 0.29) is 17.7 Å². The van der Waals surface area contributed by atoms with Gasteiger partial charge in [-0.2, -0.15) is 5.10 Å². The molecule has 0 aliphatic carbocycles. The van der Waals surface area contributed by atoms with E-state index in [4.69, 9.17) is 4.42 Å². The number of aromatic nitrogens is 2. The van der Waals surface area contributed by atoms with E-state index in [9.17, 15) is 9.59 Å². The fourth-order valence-electron chi connectivity index (χ4n) is 4.13. The molecule has 0 radical (unpaired) electrons. The first-order valence-electron chi connectivity index (χ1n) is 10.9. The van der Waals surface area contributed by atoms with Crippen molar-refractivity contribution < 1.29 is 14.0 Å². The van der Waals surface area contributed by atoms with Gasteiger partial charge in [0.05, 0.1) is 12.0 Å². The summed E-state index contributed by atoms with van der Waals surface area (Å²) in [6.07, 6.45) is 2.97. The number of amides is 2. The summed E-state index contributed by atoms with van der Waals surface area (Å²) >= 11 is 0. The monoisotopic (exact) mass is 420 g/mol. The Kier molecular flexibility index (Phi) is 6.21. The van der Waals surface area contributed by atoms with E-state index >= 15 is 0 Å². The van der Waals surface area contributed by atoms with Gasteiger partial charge in [-0.25, -0.2) is 4.68 Å². The van der Waals surface area contributed by atoms with Gasteiger partial charge in [0.15, 0.2) is 5.76 Å². The molecule has 1 fully saturated rings. The summed E-state index contributed by atoms with van der Waals surface area (Å²) in [6, 6.07) is 15.0. The summed E-state index contributed by atoms with van der Waals surface area (Å²) in [5.74, 6) is 0.725. The number of hydrogen-bond acceptors (Lipinski definition) is 4. The molecule has 3 aromatic rings. The van der Waals surface area contributed by atoms with E-state index < -0.39 is 0 Å². The number of carbonyl (C=O) groups excluding carboxylic acids is 2. The van der Waals surface area contributed by atoms with Crippen molar-refractivity contribution in [2.75, 3.05) is 26.2 Å². The van der Waals surface area contributed by atoms with Crippen molar-refractivity contribution in [3.63, 3.8) is 0 Å². The minimum atomic E-state index is -0.0807. The van der Waals surface area contributed by atoms with Crippen LogP contribution in [0.1, 0.15) is 37.2 Å². The van der Waals surface area contributed by atoms with Crippen LogP contribution in [-0.2, 0) is 4.79 Å². The van der Waals surface area contributed by atoms with Crippen LogP contribution in [-0.4, -0.2) is 57.6 Å². The van der Waals surface area contributed by atoms with Crippen LogP contribution in [0.5, 0.6) is 0 Å². The van der Waals surface area contributed by atoms with Crippen molar-refractivity contribution in [1.82, 2.24) is 19.6 Å². The zero-order valence-electron chi connectivity index (χ0n) is 18.0. The summed E-state index contributed by atoms with van der Waals surface area (Å²) < 4.78 is 7.16. The van der Waals surface area contributed by atoms with Gasteiger partial charge in [-0.15, -0.1) is 0 Å². The maximum Gasteiger partial charge on any atom is 0.272 e. The summed E-state index contributed by atoms with van der Waals surface area (Å²) in [4.78, 5) is 29.8. The van der Waals surface area contributed by atoms with Crippen LogP contribution in [0.3, 0.4) is 0 Å². The number of benzene rings is 1. The molecule has 162 valence electrons. The first-order chi connectivity index (χ1) is 15.1. The molecule has 2 aromatic heterocycles. The molecular formula is C24H28N4O3. The SMILES string of the molecule is CCN(CC)C(=O)C1CCN(C(=O)c2cc(-c3ccco3)nn2-c2ccccc2)CC1. The lowest BCUT2D eigenvalue weighted by Gasteiger charge is -2.33. The highest BCUT2D eigenvalue weighted by Gasteiger charge is 2.31. The predicted molar refractivity (Wildman–Crippen MR) is 118 cm³/mol. The minimum absolute atomic E-state index is 0.0123. The van der Waals surface area contributed by atoms with E-state index in [1.807, 2.05) is 60.0 Å². The molecule has 1 aromatic carbocycles. The first-order valence-corrected chi connectivity index (χ1v) is 10.9. The number of hydrogen-bond donors (Lipinski definition) is 0. The molecule has 7 heteroatoms. The van der Waals surface area contributed by atoms with Crippen LogP contribution >= 0.6 is 0 Å². The number of para-hydroxylation sites is 1. The van der Waals surface area contributed by atoms with Gasteiger partial charge < -0.3 is 14.2 Å². The lowest BCUT2D eigenvalue weighted by atomic mass is 9.95. The quantitative estimate of drug-likeness (QED) is 0.607. The third-order valence-corrected chi connectivity index (χ3v) is 5.91. The molecule has 0 unspecified atom stereocenters. The molecular weight excluding hydrogens is 392 g/mol. The third-order valence-electron chi connectivity index (χ3n) is 5.91. The highest BCUT2D eigenvalue weighted by Crippen LogP contribution is 2.26. The Morgan fingerprint density at radius 3 is 2.39 bits per heavy atom. The van der Waals surface area contributed by atoms with E-state index in [0.29, 0.717) is 43.1 Å². The molecule has 0 atom stereocenters. The molecule has 2 amide bonds. The molecule has 4 rings (SSSR count). The first kappa shape index (κ1) is 20.9. The second-order valence-corrected chi connectivity index (χ2v) is 7.72. The van der Waals surface area contributed by atoms with Crippen LogP contribution in [0, 0.1) is 5.92 Å². The van der Waals surface area contributed by atoms with Crippen molar-refractivity contribution in [2.45, 2.75) is 26.7 Å². The van der Waals surface area contributed by atoms with Gasteiger partial charge in [-0.1, -0.05) is 18.2 Å². The maximum absolute atomic E-state index is 13.4. The molecule has 0 saturated carbocycles. The molecule has 0 bridgehead atoms. The lowest BCUT2D eigenvalue weighted by Crippen LogP contribution is -2.44. The molecule has 1 aliphatic heterocycles. The summed E-state index contributed by atoms with van der Waals surface area (Å²) in [7, 11) is 0. The number of carbonyl (C=O) groups is 2. The van der Waals surface area contributed by atoms with Gasteiger partial charge in [0.2, 0.25) is 5.91 Å². The highest BCUT2D eigenvalue weighted by molar-refractivity contribution is 5.94. The Labute approximate surface area is 182 Å². The lowest BCUT2D eigenvalue weighted by molar-refractivity contribution is -0.136. The summed E-state index contributed by atoms with van der Waals surface area (Å²) in [5.41, 5.74) is 1.92. The highest BCUT2D eigenvalue weighted by atomic mass is 16.3. The molecule has 0 spiro atoms. The van der Waals surface area contributed by atoms with Gasteiger partial charge in [0, 0.05) is 38.2 Å². The topological polar surface area (TPSA) is 71.6 Å². The zero-order chi connectivity index (χ0) is 21.8. The van der Waals surface area contributed by atoms with Crippen LogP contribution in [0.2, 0.25) is 0 Å². The van der Waals surface area contributed by atoms with E-state index in [2.05, 4.69) is 5.10 Å². The Balaban J connectivity index is 1.55. The molecule has 0 N–H and O–H groups in total. The van der Waals surface area contributed by atoms with E-state index in [1.165, 1.54) is 0 Å². The van der Waals surface area contributed by atoms with Crippen molar-refractivity contribution in [3.05, 3.63) is 60.5 Å². The van der Waals surface area contributed by atoms with Crippen LogP contribution in [0.4, 0.5) is 0 Å². The number of rotatable bonds is 6. The van der Waals surface area contributed by atoms with Gasteiger partial charge in [-0.3, -0.25) is 9.59 Å². The standard InChI is InChI=1S/C24H28N4O3/c1-3-26(4-2)23(29)18-12-14-27(15-13-18)24(30)21-17-20(22-11-8-16-31-22)25-28(21)19-9-6-5-7-10-19/h5-11,16-18H,3-4,12-15H2,1-2H3. The van der Waals surface area contributed by atoms with Gasteiger partial charge in [-0.05, 0) is 51.0 Å². The number of nitrogens with zero attached hydrogens (tertiary/aromatic N) is 4. The molecule has 31 heavy (non-hydrogen) atoms. The van der Waals surface area contributed by atoms with Crippen LogP contribution < -0.4 is 0 Å². The normalized spacial score (nSPS) is 14.6. The Morgan fingerprint density at radius 1 is 1.06 bits per heavy atom. The molecule has 3 heterocycles. The van der Waals surface area contributed by atoms with Gasteiger partial charge in [0.1, 0.15) is 11.4 Å². The summed E-state index contributed by atoms with van der Waals surface area (Å²) in [5, 5.41) is 4.64. The maximum atomic E-state index is 13.4. The van der Waals surface area contributed by atoms with Crippen LogP contribution in [0.15, 0.2) is 59.2 Å². The number of likely N-dealkylation sites (tertiary alicyclic amines) is 1. The van der Waals surface area contributed by atoms with Crippen molar-refractivity contribution >= 4 is 11.8 Å². The number of piperidine rings is 1. The largest absolute Gasteiger partial charge is 0.463 e. The second kappa shape index (κ2) is 9.20. The van der Waals surface area contributed by atoms with Crippen molar-refractivity contribution in [2.24, 2.45) is 5.92 Å². The Bertz CT molecular complexity index is 1010. The molecule has 1 saturated heterocycles. The van der Waals surface area contributed by atoms with E-state index in [1.54, 1.807) is 23.1 Å². The van der Waals surface area contributed by atoms with Crippen molar-refractivity contribution in [1.29, 1.82) is 0 Å². The number of furan rings is 1. The minimum Gasteiger partial charge on any atom is -0.463 e. The Morgan fingerprint density at radius 2 is 1.77 bits per heavy atom. The van der Waals surface area contributed by atoms with Gasteiger partial charge >= 0.3 is 0 Å². The average Bonchev–Trinajstić information content (AvgIpc) is 3.50. The molecule has 1 aliphatic rings. The van der Waals surface area contributed by atoms with Crippen molar-refractivity contribution in [3.8, 4) is 17.1 Å².